The van der Waals surface area contributed by atoms with E-state index >= 15 is 0 Å². The number of hydrogen-bond donors (Lipinski definition) is 2. The van der Waals surface area contributed by atoms with E-state index in [1.807, 2.05) is 6.92 Å². The van der Waals surface area contributed by atoms with Gasteiger partial charge in [0.1, 0.15) is 11.6 Å². The first-order valence-electron chi connectivity index (χ1n) is 6.50. The van der Waals surface area contributed by atoms with E-state index in [2.05, 4.69) is 10.6 Å². The average molecular weight is 268 g/mol. The van der Waals surface area contributed by atoms with Crippen LogP contribution in [0.15, 0.2) is 18.2 Å². The standard InChI is InChI=1S/C14H18F2N2O/c1-2-14(5-6-17-9-14)13(19)18-8-10-3-4-11(15)7-12(10)16/h3-4,7,17H,2,5-6,8-9H2,1H3,(H,18,19). The van der Waals surface area contributed by atoms with Crippen LogP contribution in [0, 0.1) is 17.0 Å². The highest BCUT2D eigenvalue weighted by atomic mass is 19.1. The highest BCUT2D eigenvalue weighted by Gasteiger charge is 2.39. The minimum atomic E-state index is -0.629. The summed E-state index contributed by atoms with van der Waals surface area (Å²) in [5, 5.41) is 5.93. The van der Waals surface area contributed by atoms with Crippen molar-refractivity contribution in [3.8, 4) is 0 Å². The van der Waals surface area contributed by atoms with Gasteiger partial charge in [0.25, 0.3) is 0 Å². The van der Waals surface area contributed by atoms with Crippen LogP contribution < -0.4 is 10.6 Å². The Kier molecular flexibility index (Phi) is 4.14. The van der Waals surface area contributed by atoms with Gasteiger partial charge in [0.15, 0.2) is 0 Å². The summed E-state index contributed by atoms with van der Waals surface area (Å²) in [4.78, 5) is 12.2. The second-order valence-electron chi connectivity index (χ2n) is 4.98. The monoisotopic (exact) mass is 268 g/mol. The molecule has 1 aliphatic rings. The summed E-state index contributed by atoms with van der Waals surface area (Å²) in [5.74, 6) is -1.31. The minimum Gasteiger partial charge on any atom is -0.351 e. The first kappa shape index (κ1) is 13.9. The molecule has 1 atom stereocenters. The zero-order chi connectivity index (χ0) is 13.9. The third-order valence-corrected chi connectivity index (χ3v) is 3.86. The molecule has 1 aliphatic heterocycles. The van der Waals surface area contributed by atoms with Gasteiger partial charge in [-0.3, -0.25) is 4.79 Å². The van der Waals surface area contributed by atoms with Crippen LogP contribution in [-0.2, 0) is 11.3 Å². The molecular weight excluding hydrogens is 250 g/mol. The maximum atomic E-state index is 13.5. The lowest BCUT2D eigenvalue weighted by molar-refractivity contribution is -0.130. The molecule has 2 N–H and O–H groups in total. The number of benzene rings is 1. The Bertz CT molecular complexity index is 471. The molecule has 104 valence electrons. The lowest BCUT2D eigenvalue weighted by Gasteiger charge is -2.25. The molecule has 3 nitrogen and oxygen atoms in total. The highest BCUT2D eigenvalue weighted by Crippen LogP contribution is 2.29. The molecule has 1 unspecified atom stereocenters. The maximum Gasteiger partial charge on any atom is 0.227 e. The molecule has 1 saturated heterocycles. The van der Waals surface area contributed by atoms with Crippen molar-refractivity contribution in [2.75, 3.05) is 13.1 Å². The second kappa shape index (κ2) is 5.65. The average Bonchev–Trinajstić information content (AvgIpc) is 2.87. The van der Waals surface area contributed by atoms with E-state index in [0.717, 1.165) is 25.5 Å². The van der Waals surface area contributed by atoms with Gasteiger partial charge in [-0.2, -0.15) is 0 Å². The summed E-state index contributed by atoms with van der Waals surface area (Å²) in [6, 6.07) is 3.38. The van der Waals surface area contributed by atoms with Crippen LogP contribution in [0.2, 0.25) is 0 Å². The van der Waals surface area contributed by atoms with Crippen molar-refractivity contribution in [2.45, 2.75) is 26.3 Å². The van der Waals surface area contributed by atoms with Crippen molar-refractivity contribution in [3.63, 3.8) is 0 Å². The van der Waals surface area contributed by atoms with Gasteiger partial charge in [-0.25, -0.2) is 8.78 Å². The number of rotatable bonds is 4. The molecule has 0 saturated carbocycles. The van der Waals surface area contributed by atoms with Crippen LogP contribution in [0.3, 0.4) is 0 Å². The van der Waals surface area contributed by atoms with E-state index in [9.17, 15) is 13.6 Å². The number of halogens is 2. The first-order valence-corrected chi connectivity index (χ1v) is 6.50. The summed E-state index contributed by atoms with van der Waals surface area (Å²) in [7, 11) is 0. The smallest absolute Gasteiger partial charge is 0.227 e. The maximum absolute atomic E-state index is 13.5. The molecule has 0 bridgehead atoms. The molecule has 1 heterocycles. The molecule has 5 heteroatoms. The normalized spacial score (nSPS) is 22.5. The summed E-state index contributed by atoms with van der Waals surface area (Å²) in [5.41, 5.74) is -0.0942. The van der Waals surface area contributed by atoms with E-state index < -0.39 is 17.0 Å². The lowest BCUT2D eigenvalue weighted by atomic mass is 9.83. The molecule has 0 radical (unpaired) electrons. The van der Waals surface area contributed by atoms with Crippen molar-refractivity contribution >= 4 is 5.91 Å². The van der Waals surface area contributed by atoms with Crippen LogP contribution in [0.25, 0.3) is 0 Å². The van der Waals surface area contributed by atoms with Crippen LogP contribution >= 0.6 is 0 Å². The number of carbonyl (C=O) groups is 1. The first-order chi connectivity index (χ1) is 9.07. The van der Waals surface area contributed by atoms with Crippen molar-refractivity contribution in [1.29, 1.82) is 0 Å². The number of hydrogen-bond acceptors (Lipinski definition) is 2. The van der Waals surface area contributed by atoms with Gasteiger partial charge in [0.2, 0.25) is 5.91 Å². The van der Waals surface area contributed by atoms with Crippen LogP contribution in [-0.4, -0.2) is 19.0 Å². The SMILES string of the molecule is CCC1(C(=O)NCc2ccc(F)cc2F)CCNC1. The van der Waals surface area contributed by atoms with E-state index in [1.54, 1.807) is 0 Å². The fourth-order valence-electron chi connectivity index (χ4n) is 2.43. The topological polar surface area (TPSA) is 41.1 Å². The molecular formula is C14H18F2N2O. The number of amides is 1. The lowest BCUT2D eigenvalue weighted by Crippen LogP contribution is -2.41. The summed E-state index contributed by atoms with van der Waals surface area (Å²) >= 11 is 0. The third kappa shape index (κ3) is 2.92. The van der Waals surface area contributed by atoms with Gasteiger partial charge in [-0.15, -0.1) is 0 Å². The Morgan fingerprint density at radius 3 is 2.84 bits per heavy atom. The molecule has 19 heavy (non-hydrogen) atoms. The number of nitrogens with one attached hydrogen (secondary N) is 2. The Balaban J connectivity index is 2.00. The molecule has 1 amide bonds. The van der Waals surface area contributed by atoms with Gasteiger partial charge in [0, 0.05) is 24.7 Å². The molecule has 0 aliphatic carbocycles. The quantitative estimate of drug-likeness (QED) is 0.876. The zero-order valence-corrected chi connectivity index (χ0v) is 10.9. The molecule has 1 aromatic rings. The fourth-order valence-corrected chi connectivity index (χ4v) is 2.43. The largest absolute Gasteiger partial charge is 0.351 e. The van der Waals surface area contributed by atoms with E-state index in [0.29, 0.717) is 12.1 Å². The fraction of sp³-hybridized carbons (Fsp3) is 0.500. The number of carbonyl (C=O) groups excluding carboxylic acids is 1. The van der Waals surface area contributed by atoms with Crippen LogP contribution in [0.4, 0.5) is 8.78 Å². The predicted octanol–water partition coefficient (Wildman–Crippen LogP) is 1.97. The van der Waals surface area contributed by atoms with Gasteiger partial charge in [0.05, 0.1) is 5.41 Å². The summed E-state index contributed by atoms with van der Waals surface area (Å²) in [6.45, 7) is 3.55. The van der Waals surface area contributed by atoms with Gasteiger partial charge in [-0.1, -0.05) is 13.0 Å². The molecule has 2 rings (SSSR count). The Hall–Kier alpha value is -1.49. The van der Waals surface area contributed by atoms with E-state index in [-0.39, 0.29) is 12.5 Å². The van der Waals surface area contributed by atoms with Gasteiger partial charge < -0.3 is 10.6 Å². The Morgan fingerprint density at radius 1 is 1.47 bits per heavy atom. The molecule has 0 spiro atoms. The highest BCUT2D eigenvalue weighted by molar-refractivity contribution is 5.83. The van der Waals surface area contributed by atoms with Crippen LogP contribution in [0.1, 0.15) is 25.3 Å². The zero-order valence-electron chi connectivity index (χ0n) is 10.9. The third-order valence-electron chi connectivity index (χ3n) is 3.86. The molecule has 1 aromatic carbocycles. The Morgan fingerprint density at radius 2 is 2.26 bits per heavy atom. The molecule has 1 fully saturated rings. The van der Waals surface area contributed by atoms with Crippen LogP contribution in [0.5, 0.6) is 0 Å². The van der Waals surface area contributed by atoms with Crippen molar-refractivity contribution in [3.05, 3.63) is 35.4 Å². The van der Waals surface area contributed by atoms with Gasteiger partial charge in [-0.05, 0) is 25.5 Å². The predicted molar refractivity (Wildman–Crippen MR) is 68.4 cm³/mol. The van der Waals surface area contributed by atoms with Crippen molar-refractivity contribution < 1.29 is 13.6 Å². The van der Waals surface area contributed by atoms with Crippen molar-refractivity contribution in [1.82, 2.24) is 10.6 Å². The van der Waals surface area contributed by atoms with E-state index in [1.165, 1.54) is 12.1 Å². The summed E-state index contributed by atoms with van der Waals surface area (Å²) in [6.07, 6.45) is 1.54. The van der Waals surface area contributed by atoms with Gasteiger partial charge >= 0.3 is 0 Å². The Labute approximate surface area is 111 Å². The minimum absolute atomic E-state index is 0.0660. The van der Waals surface area contributed by atoms with E-state index in [4.69, 9.17) is 0 Å². The summed E-state index contributed by atoms with van der Waals surface area (Å²) < 4.78 is 26.2. The molecule has 0 aromatic heterocycles. The van der Waals surface area contributed by atoms with Crippen molar-refractivity contribution in [2.24, 2.45) is 5.41 Å². The second-order valence-corrected chi connectivity index (χ2v) is 4.98.